The first-order valence-electron chi connectivity index (χ1n) is 10.4. The lowest BCUT2D eigenvalue weighted by Crippen LogP contribution is -2.49. The molecule has 0 saturated carbocycles. The van der Waals surface area contributed by atoms with Gasteiger partial charge in [0.1, 0.15) is 17.9 Å². The second-order valence-electron chi connectivity index (χ2n) is 8.35. The van der Waals surface area contributed by atoms with Crippen molar-refractivity contribution in [2.45, 2.75) is 52.4 Å². The molecule has 2 unspecified atom stereocenters. The lowest BCUT2D eigenvalue weighted by Gasteiger charge is -2.35. The van der Waals surface area contributed by atoms with Crippen molar-refractivity contribution in [2.24, 2.45) is 0 Å². The van der Waals surface area contributed by atoms with Crippen LogP contribution >= 0.6 is 0 Å². The number of aromatic nitrogens is 4. The Morgan fingerprint density at radius 2 is 1.84 bits per heavy atom. The Morgan fingerprint density at radius 3 is 2.45 bits per heavy atom. The largest absolute Gasteiger partial charge is 0.372 e. The van der Waals surface area contributed by atoms with Crippen LogP contribution in [0.3, 0.4) is 0 Å². The lowest BCUT2D eigenvalue weighted by atomic mass is 10.1. The second kappa shape index (κ2) is 8.22. The van der Waals surface area contributed by atoms with Gasteiger partial charge in [-0.15, -0.1) is 0 Å². The number of ether oxygens (including phenoxy) is 1. The third-order valence-corrected chi connectivity index (χ3v) is 5.39. The van der Waals surface area contributed by atoms with E-state index in [1.165, 1.54) is 21.5 Å². The summed E-state index contributed by atoms with van der Waals surface area (Å²) in [5.74, 6) is -0.543. The highest BCUT2D eigenvalue weighted by Crippen LogP contribution is 2.23. The van der Waals surface area contributed by atoms with Crippen LogP contribution in [-0.2, 0) is 16.1 Å². The molecule has 0 bridgehead atoms. The van der Waals surface area contributed by atoms with Crippen molar-refractivity contribution >= 4 is 16.8 Å². The van der Waals surface area contributed by atoms with Gasteiger partial charge in [-0.1, -0.05) is 13.8 Å². The van der Waals surface area contributed by atoms with Crippen LogP contribution in [0.5, 0.6) is 0 Å². The summed E-state index contributed by atoms with van der Waals surface area (Å²) >= 11 is 0. The normalized spacial score (nSPS) is 19.4. The van der Waals surface area contributed by atoms with Crippen LogP contribution in [0.2, 0.25) is 0 Å². The number of rotatable bonds is 4. The minimum atomic E-state index is -0.413. The summed E-state index contributed by atoms with van der Waals surface area (Å²) in [5, 5.41) is 9.49. The Kier molecular flexibility index (Phi) is 5.62. The summed E-state index contributed by atoms with van der Waals surface area (Å²) in [6.45, 7) is 8.57. The van der Waals surface area contributed by atoms with E-state index in [2.05, 4.69) is 10.2 Å². The van der Waals surface area contributed by atoms with Gasteiger partial charge < -0.3 is 9.64 Å². The van der Waals surface area contributed by atoms with Crippen LogP contribution in [0, 0.1) is 5.82 Å². The zero-order chi connectivity index (χ0) is 22.3. The molecule has 4 rings (SSSR count). The minimum absolute atomic E-state index is 0.0127. The van der Waals surface area contributed by atoms with E-state index in [4.69, 9.17) is 4.74 Å². The fourth-order valence-electron chi connectivity index (χ4n) is 4.01. The lowest BCUT2D eigenvalue weighted by molar-refractivity contribution is -0.144. The first-order chi connectivity index (χ1) is 14.7. The number of halogens is 1. The van der Waals surface area contributed by atoms with E-state index in [1.54, 1.807) is 23.2 Å². The Hall–Kier alpha value is -3.07. The molecule has 1 saturated heterocycles. The van der Waals surface area contributed by atoms with Crippen molar-refractivity contribution in [3.8, 4) is 5.69 Å². The average Bonchev–Trinajstić information content (AvgIpc) is 3.15. The van der Waals surface area contributed by atoms with Crippen LogP contribution in [0.4, 0.5) is 4.39 Å². The SMILES string of the molecule is CC1CN(C(=O)Cn2nc(C(C)C)c3cnn(-c4ccc(F)cc4)c3c2=O)CC(C)O1. The van der Waals surface area contributed by atoms with E-state index in [1.807, 2.05) is 27.7 Å². The molecule has 0 spiro atoms. The molecule has 3 aromatic rings. The molecule has 9 heteroatoms. The Bertz CT molecular complexity index is 1160. The molecule has 0 aliphatic carbocycles. The summed E-state index contributed by atoms with van der Waals surface area (Å²) in [7, 11) is 0. The number of carbonyl (C=O) groups excluding carboxylic acids is 1. The number of hydrogen-bond donors (Lipinski definition) is 0. The Morgan fingerprint density at radius 1 is 1.19 bits per heavy atom. The molecule has 2 aromatic heterocycles. The van der Waals surface area contributed by atoms with E-state index >= 15 is 0 Å². The standard InChI is InChI=1S/C22H26FN5O3/c1-13(2)20-18-9-24-28(17-7-5-16(23)6-8-17)21(18)22(30)27(25-20)12-19(29)26-10-14(3)31-15(4)11-26/h5-9,13-15H,10-12H2,1-4H3. The molecule has 164 valence electrons. The predicted octanol–water partition coefficient (Wildman–Crippen LogP) is 2.48. The van der Waals surface area contributed by atoms with Crippen LogP contribution in [0.25, 0.3) is 16.6 Å². The quantitative estimate of drug-likeness (QED) is 0.639. The van der Waals surface area contributed by atoms with E-state index in [0.29, 0.717) is 35.4 Å². The Balaban J connectivity index is 1.78. The van der Waals surface area contributed by atoms with Crippen molar-refractivity contribution < 1.29 is 13.9 Å². The van der Waals surface area contributed by atoms with Crippen molar-refractivity contribution in [3.05, 3.63) is 52.3 Å². The number of morpholine rings is 1. The van der Waals surface area contributed by atoms with E-state index in [9.17, 15) is 14.0 Å². The third kappa shape index (κ3) is 4.10. The van der Waals surface area contributed by atoms with Crippen molar-refractivity contribution in [3.63, 3.8) is 0 Å². The number of carbonyl (C=O) groups is 1. The summed E-state index contributed by atoms with van der Waals surface area (Å²) in [4.78, 5) is 28.0. The van der Waals surface area contributed by atoms with Gasteiger partial charge in [-0.3, -0.25) is 9.59 Å². The summed E-state index contributed by atoms with van der Waals surface area (Å²) in [5.41, 5.74) is 1.15. The zero-order valence-electron chi connectivity index (χ0n) is 18.1. The molecule has 1 amide bonds. The molecular formula is C22H26FN5O3. The smallest absolute Gasteiger partial charge is 0.293 e. The summed E-state index contributed by atoms with van der Waals surface area (Å²) in [6.07, 6.45) is 1.47. The second-order valence-corrected chi connectivity index (χ2v) is 8.35. The van der Waals surface area contributed by atoms with Gasteiger partial charge in [-0.25, -0.2) is 13.8 Å². The fraction of sp³-hybridized carbons (Fsp3) is 0.455. The maximum atomic E-state index is 13.4. The molecule has 0 radical (unpaired) electrons. The van der Waals surface area contributed by atoms with Crippen molar-refractivity contribution in [1.29, 1.82) is 0 Å². The average molecular weight is 427 g/mol. The van der Waals surface area contributed by atoms with Gasteiger partial charge in [0, 0.05) is 18.5 Å². The molecule has 3 heterocycles. The number of hydrogen-bond acceptors (Lipinski definition) is 5. The number of benzene rings is 1. The maximum Gasteiger partial charge on any atom is 0.293 e. The monoisotopic (exact) mass is 427 g/mol. The fourth-order valence-corrected chi connectivity index (χ4v) is 4.01. The third-order valence-electron chi connectivity index (χ3n) is 5.39. The number of nitrogens with zero attached hydrogens (tertiary/aromatic N) is 5. The molecule has 31 heavy (non-hydrogen) atoms. The highest BCUT2D eigenvalue weighted by atomic mass is 19.1. The van der Waals surface area contributed by atoms with E-state index in [-0.39, 0.29) is 36.4 Å². The highest BCUT2D eigenvalue weighted by molar-refractivity contribution is 5.82. The van der Waals surface area contributed by atoms with E-state index < -0.39 is 5.56 Å². The molecule has 2 atom stereocenters. The van der Waals surface area contributed by atoms with Gasteiger partial charge in [-0.2, -0.15) is 10.2 Å². The molecule has 1 aromatic carbocycles. The molecule has 1 fully saturated rings. The van der Waals surface area contributed by atoms with Crippen molar-refractivity contribution in [2.75, 3.05) is 13.1 Å². The molecule has 8 nitrogen and oxygen atoms in total. The summed E-state index contributed by atoms with van der Waals surface area (Å²) in [6, 6.07) is 5.75. The van der Waals surface area contributed by atoms with Crippen LogP contribution < -0.4 is 5.56 Å². The maximum absolute atomic E-state index is 13.4. The van der Waals surface area contributed by atoms with Gasteiger partial charge in [0.2, 0.25) is 5.91 Å². The van der Waals surface area contributed by atoms with Gasteiger partial charge in [0.05, 0.1) is 29.8 Å². The minimum Gasteiger partial charge on any atom is -0.372 e. The zero-order valence-corrected chi connectivity index (χ0v) is 18.1. The summed E-state index contributed by atoms with van der Waals surface area (Å²) < 4.78 is 21.8. The van der Waals surface area contributed by atoms with Gasteiger partial charge in [-0.05, 0) is 44.0 Å². The van der Waals surface area contributed by atoms with Gasteiger partial charge >= 0.3 is 0 Å². The topological polar surface area (TPSA) is 82.3 Å². The van der Waals surface area contributed by atoms with Gasteiger partial charge in [0.15, 0.2) is 0 Å². The van der Waals surface area contributed by atoms with Crippen LogP contribution in [0.1, 0.15) is 39.3 Å². The Labute approximate surface area is 179 Å². The number of fused-ring (bicyclic) bond motifs is 1. The number of amides is 1. The molecular weight excluding hydrogens is 401 g/mol. The van der Waals surface area contributed by atoms with Crippen LogP contribution in [-0.4, -0.2) is 55.7 Å². The molecule has 1 aliphatic rings. The molecule has 1 aliphatic heterocycles. The van der Waals surface area contributed by atoms with Crippen LogP contribution in [0.15, 0.2) is 35.3 Å². The predicted molar refractivity (Wildman–Crippen MR) is 114 cm³/mol. The van der Waals surface area contributed by atoms with Crippen molar-refractivity contribution in [1.82, 2.24) is 24.5 Å². The first kappa shape index (κ1) is 21.2. The highest BCUT2D eigenvalue weighted by Gasteiger charge is 2.27. The van der Waals surface area contributed by atoms with E-state index in [0.717, 1.165) is 0 Å². The molecule has 0 N–H and O–H groups in total. The first-order valence-corrected chi connectivity index (χ1v) is 10.4. The van der Waals surface area contributed by atoms with Gasteiger partial charge in [0.25, 0.3) is 5.56 Å².